The quantitative estimate of drug-likeness (QED) is 0.188. The number of hydrogen-bond donors (Lipinski definition) is 2. The van der Waals surface area contributed by atoms with Crippen LogP contribution in [0.1, 0.15) is 69.8 Å². The van der Waals surface area contributed by atoms with Crippen LogP contribution < -0.4 is 25.0 Å². The van der Waals surface area contributed by atoms with Gasteiger partial charge in [-0.1, -0.05) is 0 Å². The summed E-state index contributed by atoms with van der Waals surface area (Å²) in [7, 11) is 1.58. The molecule has 0 spiro atoms. The number of benzene rings is 2. The lowest BCUT2D eigenvalue weighted by Gasteiger charge is -2.31. The highest BCUT2D eigenvalue weighted by Gasteiger charge is 2.22. The summed E-state index contributed by atoms with van der Waals surface area (Å²) >= 11 is 0. The van der Waals surface area contributed by atoms with Crippen molar-refractivity contribution in [2.45, 2.75) is 66.0 Å². The summed E-state index contributed by atoms with van der Waals surface area (Å²) in [6.07, 6.45) is 4.29. The van der Waals surface area contributed by atoms with Crippen LogP contribution >= 0.6 is 0 Å². The minimum absolute atomic E-state index is 0.0175. The monoisotopic (exact) mass is 526 g/mol. The predicted octanol–water partition coefficient (Wildman–Crippen LogP) is 5.24. The number of carbonyl (C=O) groups excluding carboxylic acids is 2. The van der Waals surface area contributed by atoms with Crippen LogP contribution in [0, 0.1) is 0 Å². The number of carbonyl (C=O) groups is 2. The van der Waals surface area contributed by atoms with Crippen molar-refractivity contribution in [1.82, 2.24) is 15.6 Å². The van der Waals surface area contributed by atoms with Crippen molar-refractivity contribution in [2.75, 3.05) is 26.9 Å². The third-order valence-electron chi connectivity index (χ3n) is 5.67. The van der Waals surface area contributed by atoms with E-state index in [9.17, 15) is 9.59 Å². The fourth-order valence-electron chi connectivity index (χ4n) is 3.90. The summed E-state index contributed by atoms with van der Waals surface area (Å²) in [6, 6.07) is 12.7. The van der Waals surface area contributed by atoms with E-state index in [1.165, 1.54) is 0 Å². The van der Waals surface area contributed by atoms with Crippen LogP contribution in [0.4, 0.5) is 4.79 Å². The van der Waals surface area contributed by atoms with Gasteiger partial charge in [0.25, 0.3) is 5.91 Å². The number of hydrogen-bond acceptors (Lipinski definition) is 6. The van der Waals surface area contributed by atoms with Gasteiger partial charge in [0, 0.05) is 24.2 Å². The lowest BCUT2D eigenvalue weighted by molar-refractivity contribution is 0.0643. The fourth-order valence-corrected chi connectivity index (χ4v) is 3.90. The minimum Gasteiger partial charge on any atom is -0.494 e. The van der Waals surface area contributed by atoms with Crippen molar-refractivity contribution in [3.63, 3.8) is 0 Å². The number of nitrogens with zero attached hydrogens (tertiary/aromatic N) is 2. The van der Waals surface area contributed by atoms with E-state index >= 15 is 0 Å². The fraction of sp³-hybridized carbons (Fsp3) is 0.483. The summed E-state index contributed by atoms with van der Waals surface area (Å²) in [5.41, 5.74) is 3.84. The molecular weight excluding hydrogens is 484 g/mol. The summed E-state index contributed by atoms with van der Waals surface area (Å²) < 4.78 is 17.2. The Bertz CT molecular complexity index is 1030. The lowest BCUT2D eigenvalue weighted by atomic mass is 10.1. The molecule has 0 aliphatic heterocycles. The Morgan fingerprint density at radius 2 is 1.58 bits per heavy atom. The highest BCUT2D eigenvalue weighted by Crippen LogP contribution is 2.29. The zero-order chi connectivity index (χ0) is 27.9. The molecule has 9 nitrogen and oxygen atoms in total. The second-order valence-electron chi connectivity index (χ2n) is 9.32. The largest absolute Gasteiger partial charge is 0.494 e. The van der Waals surface area contributed by atoms with Crippen molar-refractivity contribution < 1.29 is 23.8 Å². The molecule has 2 rings (SSSR count). The number of rotatable bonds is 15. The maximum atomic E-state index is 13.0. The van der Waals surface area contributed by atoms with Crippen LogP contribution in [-0.4, -0.2) is 62.0 Å². The SMILES string of the molecule is CCNC(=O)NN=Cc1ccc(OCCCCCOc2ccc(C(=O)N(C(C)C)C(C)C)cc2OC)cc1. The van der Waals surface area contributed by atoms with Crippen molar-refractivity contribution in [1.29, 1.82) is 0 Å². The minimum atomic E-state index is -0.335. The molecule has 38 heavy (non-hydrogen) atoms. The number of amides is 3. The van der Waals surface area contributed by atoms with Gasteiger partial charge in [0.05, 0.1) is 26.5 Å². The molecule has 0 fully saturated rings. The van der Waals surface area contributed by atoms with Crippen molar-refractivity contribution in [3.8, 4) is 17.2 Å². The average molecular weight is 527 g/mol. The van der Waals surface area contributed by atoms with Crippen molar-refractivity contribution >= 4 is 18.2 Å². The van der Waals surface area contributed by atoms with E-state index in [1.54, 1.807) is 31.5 Å². The number of unbranched alkanes of at least 4 members (excludes halogenated alkanes) is 2. The van der Waals surface area contributed by atoms with Crippen LogP contribution in [0.3, 0.4) is 0 Å². The molecular formula is C29H42N4O5. The second-order valence-corrected chi connectivity index (χ2v) is 9.32. The Labute approximate surface area is 226 Å². The first kappa shape index (κ1) is 30.5. The first-order valence-electron chi connectivity index (χ1n) is 13.2. The van der Waals surface area contributed by atoms with Crippen LogP contribution in [0.5, 0.6) is 17.2 Å². The Kier molecular flexibility index (Phi) is 13.0. The molecule has 0 unspecified atom stereocenters. The Balaban J connectivity index is 1.72. The smallest absolute Gasteiger partial charge is 0.335 e. The molecule has 0 atom stereocenters. The van der Waals surface area contributed by atoms with Gasteiger partial charge in [0.15, 0.2) is 11.5 Å². The van der Waals surface area contributed by atoms with E-state index < -0.39 is 0 Å². The highest BCUT2D eigenvalue weighted by atomic mass is 16.5. The molecule has 0 aliphatic rings. The molecule has 208 valence electrons. The zero-order valence-electron chi connectivity index (χ0n) is 23.5. The second kappa shape index (κ2) is 16.2. The Morgan fingerprint density at radius 3 is 2.18 bits per heavy atom. The normalized spacial score (nSPS) is 11.1. The first-order chi connectivity index (χ1) is 18.3. The van der Waals surface area contributed by atoms with Gasteiger partial charge >= 0.3 is 6.03 Å². The van der Waals surface area contributed by atoms with Crippen LogP contribution in [0.25, 0.3) is 0 Å². The first-order valence-corrected chi connectivity index (χ1v) is 13.2. The molecule has 0 heterocycles. The van der Waals surface area contributed by atoms with Gasteiger partial charge in [0.2, 0.25) is 0 Å². The van der Waals surface area contributed by atoms with Gasteiger partial charge < -0.3 is 24.4 Å². The zero-order valence-corrected chi connectivity index (χ0v) is 23.5. The summed E-state index contributed by atoms with van der Waals surface area (Å²) in [5.74, 6) is 1.95. The topological polar surface area (TPSA) is 101 Å². The standard InChI is InChI=1S/C29H42N4O5/c1-7-30-29(35)32-31-20-23-11-14-25(15-12-23)37-17-9-8-10-18-38-26-16-13-24(19-27(26)36-6)28(34)33(21(2)3)22(4)5/h11-16,19-22H,7-10,17-18H2,1-6H3,(H2,30,32,35). The summed E-state index contributed by atoms with van der Waals surface area (Å²) in [6.45, 7) is 11.6. The number of hydrazone groups is 1. The molecule has 0 aliphatic carbocycles. The summed E-state index contributed by atoms with van der Waals surface area (Å²) in [4.78, 5) is 26.1. The van der Waals surface area contributed by atoms with Gasteiger partial charge in [-0.3, -0.25) is 4.79 Å². The molecule has 3 amide bonds. The lowest BCUT2D eigenvalue weighted by Crippen LogP contribution is -2.42. The maximum Gasteiger partial charge on any atom is 0.335 e. The van der Waals surface area contributed by atoms with E-state index in [1.807, 2.05) is 63.8 Å². The van der Waals surface area contributed by atoms with Crippen LogP contribution in [0.15, 0.2) is 47.6 Å². The number of ether oxygens (including phenoxy) is 3. The average Bonchev–Trinajstić information content (AvgIpc) is 2.88. The molecule has 0 aromatic heterocycles. The van der Waals surface area contributed by atoms with E-state index in [4.69, 9.17) is 14.2 Å². The van der Waals surface area contributed by atoms with E-state index in [2.05, 4.69) is 15.8 Å². The van der Waals surface area contributed by atoms with Crippen molar-refractivity contribution in [2.24, 2.45) is 5.10 Å². The van der Waals surface area contributed by atoms with Gasteiger partial charge in [-0.2, -0.15) is 5.10 Å². The van der Waals surface area contributed by atoms with Gasteiger partial charge in [-0.25, -0.2) is 10.2 Å². The molecule has 9 heteroatoms. The van der Waals surface area contributed by atoms with E-state index in [0.29, 0.717) is 36.8 Å². The van der Waals surface area contributed by atoms with Gasteiger partial charge in [0.1, 0.15) is 5.75 Å². The van der Waals surface area contributed by atoms with Gasteiger partial charge in [-0.05, 0) is 102 Å². The number of urea groups is 1. The van der Waals surface area contributed by atoms with Gasteiger partial charge in [-0.15, -0.1) is 0 Å². The van der Waals surface area contributed by atoms with E-state index in [0.717, 1.165) is 30.6 Å². The third-order valence-corrected chi connectivity index (χ3v) is 5.67. The highest BCUT2D eigenvalue weighted by molar-refractivity contribution is 5.95. The van der Waals surface area contributed by atoms with Crippen LogP contribution in [-0.2, 0) is 0 Å². The number of methoxy groups -OCH3 is 1. The van der Waals surface area contributed by atoms with E-state index in [-0.39, 0.29) is 24.0 Å². The predicted molar refractivity (Wildman–Crippen MR) is 151 cm³/mol. The molecule has 2 aromatic rings. The third kappa shape index (κ3) is 9.95. The van der Waals surface area contributed by atoms with Crippen LogP contribution in [0.2, 0.25) is 0 Å². The Morgan fingerprint density at radius 1 is 0.921 bits per heavy atom. The number of nitrogens with one attached hydrogen (secondary N) is 2. The molecule has 0 saturated carbocycles. The Hall–Kier alpha value is -3.75. The molecule has 0 bridgehead atoms. The maximum absolute atomic E-state index is 13.0. The molecule has 2 N–H and O–H groups in total. The molecule has 2 aromatic carbocycles. The summed E-state index contributed by atoms with van der Waals surface area (Å²) in [5, 5.41) is 6.49. The molecule has 0 radical (unpaired) electrons. The molecule has 0 saturated heterocycles. The van der Waals surface area contributed by atoms with Crippen molar-refractivity contribution in [3.05, 3.63) is 53.6 Å².